The van der Waals surface area contributed by atoms with E-state index in [4.69, 9.17) is 9.47 Å². The lowest BCUT2D eigenvalue weighted by molar-refractivity contribution is -0.0856. The molecule has 1 aromatic carbocycles. The number of benzene rings is 1. The zero-order valence-corrected chi connectivity index (χ0v) is 11.1. The quantitative estimate of drug-likeness (QED) is 0.579. The van der Waals surface area contributed by atoms with Crippen molar-refractivity contribution >= 4 is 0 Å². The van der Waals surface area contributed by atoms with Crippen LogP contribution in [0, 0.1) is 29.6 Å². The molecule has 0 aliphatic rings. The summed E-state index contributed by atoms with van der Waals surface area (Å²) in [5.41, 5.74) is 0.184. The maximum atomic E-state index is 9.36. The smallest absolute Gasteiger partial charge is 0.253 e. The van der Waals surface area contributed by atoms with E-state index in [9.17, 15) is 10.5 Å². The van der Waals surface area contributed by atoms with Crippen molar-refractivity contribution in [3.8, 4) is 12.1 Å². The van der Waals surface area contributed by atoms with E-state index < -0.39 is 11.5 Å². The van der Waals surface area contributed by atoms with Gasteiger partial charge in [-0.1, -0.05) is 30.3 Å². The summed E-state index contributed by atoms with van der Waals surface area (Å²) in [6.45, 7) is 5.52. The van der Waals surface area contributed by atoms with Gasteiger partial charge >= 0.3 is 0 Å². The van der Waals surface area contributed by atoms with Crippen LogP contribution in [0.5, 0.6) is 0 Å². The van der Waals surface area contributed by atoms with E-state index in [2.05, 4.69) is 6.58 Å². The summed E-state index contributed by atoms with van der Waals surface area (Å²) in [5.74, 6) is -0.543. The molecule has 0 unspecified atom stereocenters. The molecule has 98 valence electrons. The summed E-state index contributed by atoms with van der Waals surface area (Å²) in [6, 6.07) is 11.4. The van der Waals surface area contributed by atoms with Crippen LogP contribution < -0.4 is 0 Å². The Kier molecular flexibility index (Phi) is 5.26. The molecule has 0 spiro atoms. The molecule has 1 atom stereocenters. The van der Waals surface area contributed by atoms with Crippen molar-refractivity contribution < 1.29 is 9.47 Å². The molecule has 0 aliphatic heterocycles. The second kappa shape index (κ2) is 6.70. The van der Waals surface area contributed by atoms with Crippen molar-refractivity contribution in [2.24, 2.45) is 0 Å². The highest BCUT2D eigenvalue weighted by Crippen LogP contribution is 2.33. The summed E-state index contributed by atoms with van der Waals surface area (Å²) < 4.78 is 10.1. The number of hydrogen-bond donors (Lipinski definition) is 0. The highest BCUT2D eigenvalue weighted by Gasteiger charge is 2.41. The van der Waals surface area contributed by atoms with Gasteiger partial charge in [-0.3, -0.25) is 0 Å². The third-order valence-electron chi connectivity index (χ3n) is 2.93. The van der Waals surface area contributed by atoms with Gasteiger partial charge in [0.2, 0.25) is 0 Å². The standard InChI is InChI=1S/C15H16N2O2/c1-4-14(13-8-6-5-7-12(13)2)15(9-16,10-17)19-11-18-3/h4-8,14H,1,11H2,2-3H3/t14-/m1/s1. The minimum atomic E-state index is -1.64. The molecule has 19 heavy (non-hydrogen) atoms. The fraction of sp³-hybridized carbons (Fsp3) is 0.333. The average Bonchev–Trinajstić information content (AvgIpc) is 2.45. The Labute approximate surface area is 113 Å². The summed E-state index contributed by atoms with van der Waals surface area (Å²) in [7, 11) is 1.44. The molecule has 0 bridgehead atoms. The third-order valence-corrected chi connectivity index (χ3v) is 2.93. The molecule has 0 heterocycles. The Hall–Kier alpha value is -2.14. The molecule has 0 radical (unpaired) electrons. The number of methoxy groups -OCH3 is 1. The van der Waals surface area contributed by atoms with Crippen molar-refractivity contribution in [3.05, 3.63) is 48.0 Å². The molecule has 0 saturated heterocycles. The molecule has 0 amide bonds. The van der Waals surface area contributed by atoms with Gasteiger partial charge in [-0.25, -0.2) is 0 Å². The molecular formula is C15H16N2O2. The zero-order valence-electron chi connectivity index (χ0n) is 11.1. The molecule has 0 N–H and O–H groups in total. The number of rotatable bonds is 6. The predicted molar refractivity (Wildman–Crippen MR) is 71.0 cm³/mol. The number of aryl methyl sites for hydroxylation is 1. The first kappa shape index (κ1) is 14.9. The number of nitrogens with zero attached hydrogens (tertiary/aromatic N) is 2. The molecular weight excluding hydrogens is 240 g/mol. The van der Waals surface area contributed by atoms with E-state index in [1.54, 1.807) is 6.08 Å². The largest absolute Gasteiger partial charge is 0.359 e. The van der Waals surface area contributed by atoms with Crippen LogP contribution in [0.25, 0.3) is 0 Å². The monoisotopic (exact) mass is 256 g/mol. The normalized spacial score (nSPS) is 12.2. The van der Waals surface area contributed by atoms with Crippen LogP contribution in [0.3, 0.4) is 0 Å². The van der Waals surface area contributed by atoms with Gasteiger partial charge in [-0.05, 0) is 18.1 Å². The molecule has 1 aromatic rings. The molecule has 0 saturated carbocycles. The first-order valence-electron chi connectivity index (χ1n) is 5.78. The molecule has 4 nitrogen and oxygen atoms in total. The van der Waals surface area contributed by atoms with E-state index in [0.29, 0.717) is 0 Å². The summed E-state index contributed by atoms with van der Waals surface area (Å²) in [5, 5.41) is 18.7. The van der Waals surface area contributed by atoms with Crippen LogP contribution in [0.2, 0.25) is 0 Å². The minimum Gasteiger partial charge on any atom is -0.359 e. The van der Waals surface area contributed by atoms with Gasteiger partial charge in [0.05, 0.1) is 5.92 Å². The second-order valence-corrected chi connectivity index (χ2v) is 4.08. The van der Waals surface area contributed by atoms with E-state index in [0.717, 1.165) is 11.1 Å². The summed E-state index contributed by atoms with van der Waals surface area (Å²) >= 11 is 0. The van der Waals surface area contributed by atoms with Crippen molar-refractivity contribution in [1.82, 2.24) is 0 Å². The van der Waals surface area contributed by atoms with Crippen LogP contribution in [-0.2, 0) is 9.47 Å². The van der Waals surface area contributed by atoms with Crippen LogP contribution in [-0.4, -0.2) is 19.5 Å². The van der Waals surface area contributed by atoms with Gasteiger partial charge in [-0.15, -0.1) is 6.58 Å². The topological polar surface area (TPSA) is 66.0 Å². The van der Waals surface area contributed by atoms with Gasteiger partial charge in [0.1, 0.15) is 18.9 Å². The van der Waals surface area contributed by atoms with Gasteiger partial charge in [0, 0.05) is 7.11 Å². The fourth-order valence-corrected chi connectivity index (χ4v) is 1.92. The zero-order chi connectivity index (χ0) is 14.3. The molecule has 0 fully saturated rings. The van der Waals surface area contributed by atoms with E-state index in [-0.39, 0.29) is 6.79 Å². The first-order valence-corrected chi connectivity index (χ1v) is 5.78. The third kappa shape index (κ3) is 3.00. The van der Waals surface area contributed by atoms with Gasteiger partial charge in [-0.2, -0.15) is 10.5 Å². The van der Waals surface area contributed by atoms with Crippen molar-refractivity contribution in [3.63, 3.8) is 0 Å². The summed E-state index contributed by atoms with van der Waals surface area (Å²) in [6.07, 6.45) is 1.56. The number of nitriles is 2. The lowest BCUT2D eigenvalue weighted by Crippen LogP contribution is -2.36. The van der Waals surface area contributed by atoms with E-state index in [1.807, 2.05) is 43.3 Å². The first-order chi connectivity index (χ1) is 9.15. The highest BCUT2D eigenvalue weighted by molar-refractivity contribution is 5.40. The number of ether oxygens (including phenoxy) is 2. The molecule has 0 aliphatic carbocycles. The molecule has 4 heteroatoms. The lowest BCUT2D eigenvalue weighted by Gasteiger charge is -2.27. The average molecular weight is 256 g/mol. The Morgan fingerprint density at radius 3 is 2.47 bits per heavy atom. The van der Waals surface area contributed by atoms with Crippen molar-refractivity contribution in [2.45, 2.75) is 18.4 Å². The van der Waals surface area contributed by atoms with Crippen molar-refractivity contribution in [1.29, 1.82) is 10.5 Å². The van der Waals surface area contributed by atoms with E-state index >= 15 is 0 Å². The van der Waals surface area contributed by atoms with Crippen molar-refractivity contribution in [2.75, 3.05) is 13.9 Å². The van der Waals surface area contributed by atoms with Gasteiger partial charge < -0.3 is 9.47 Å². The van der Waals surface area contributed by atoms with E-state index in [1.165, 1.54) is 7.11 Å². The lowest BCUT2D eigenvalue weighted by atomic mass is 9.82. The summed E-state index contributed by atoms with van der Waals surface area (Å²) in [4.78, 5) is 0. The molecule has 0 aromatic heterocycles. The minimum absolute atomic E-state index is 0.128. The maximum absolute atomic E-state index is 9.36. The van der Waals surface area contributed by atoms with Crippen LogP contribution in [0.15, 0.2) is 36.9 Å². The van der Waals surface area contributed by atoms with Crippen LogP contribution in [0.1, 0.15) is 17.0 Å². The Morgan fingerprint density at radius 1 is 1.37 bits per heavy atom. The van der Waals surface area contributed by atoms with Gasteiger partial charge in [0.15, 0.2) is 0 Å². The van der Waals surface area contributed by atoms with Crippen LogP contribution in [0.4, 0.5) is 0 Å². The van der Waals surface area contributed by atoms with Crippen LogP contribution >= 0.6 is 0 Å². The fourth-order valence-electron chi connectivity index (χ4n) is 1.92. The second-order valence-electron chi connectivity index (χ2n) is 4.08. The highest BCUT2D eigenvalue weighted by atomic mass is 16.7. The Morgan fingerprint density at radius 2 is 2.00 bits per heavy atom. The Balaban J connectivity index is 3.27. The maximum Gasteiger partial charge on any atom is 0.253 e. The number of hydrogen-bond acceptors (Lipinski definition) is 4. The predicted octanol–water partition coefficient (Wildman–Crippen LogP) is 2.67. The Bertz CT molecular complexity index is 512. The van der Waals surface area contributed by atoms with Gasteiger partial charge in [0.25, 0.3) is 5.60 Å². The molecule has 1 rings (SSSR count). The SMILES string of the molecule is C=C[C@H](c1ccccc1C)C(C#N)(C#N)OCOC.